The van der Waals surface area contributed by atoms with Crippen LogP contribution in [0.15, 0.2) is 18.6 Å². The summed E-state index contributed by atoms with van der Waals surface area (Å²) in [5.74, 6) is 0.983. The van der Waals surface area contributed by atoms with Crippen LogP contribution in [0.5, 0.6) is 0 Å². The van der Waals surface area contributed by atoms with Gasteiger partial charge in [-0.15, -0.1) is 0 Å². The van der Waals surface area contributed by atoms with E-state index in [1.54, 1.807) is 4.68 Å². The van der Waals surface area contributed by atoms with Crippen LogP contribution in [0.1, 0.15) is 19.2 Å². The van der Waals surface area contributed by atoms with Gasteiger partial charge in [-0.05, 0) is 13.3 Å². The van der Waals surface area contributed by atoms with E-state index in [1.807, 2.05) is 32.6 Å². The molecular weight excluding hydrogens is 202 g/mol. The SMILES string of the molecule is CC(N)CCc1ncc(-c2cnn(C)c2)[nH]1. The van der Waals surface area contributed by atoms with E-state index in [1.165, 1.54) is 0 Å². The highest BCUT2D eigenvalue weighted by molar-refractivity contribution is 5.55. The molecule has 0 aliphatic carbocycles. The predicted octanol–water partition coefficient (Wildman–Crippen LogP) is 1.09. The van der Waals surface area contributed by atoms with E-state index in [9.17, 15) is 0 Å². The number of rotatable bonds is 4. The first-order chi connectivity index (χ1) is 7.65. The number of imidazole rings is 1. The first-order valence-electron chi connectivity index (χ1n) is 5.43. The second-order valence-electron chi connectivity index (χ2n) is 4.16. The van der Waals surface area contributed by atoms with Gasteiger partial charge in [0.1, 0.15) is 5.82 Å². The number of hydrogen-bond acceptors (Lipinski definition) is 3. The van der Waals surface area contributed by atoms with Crippen LogP contribution in [0.2, 0.25) is 0 Å². The summed E-state index contributed by atoms with van der Waals surface area (Å²) >= 11 is 0. The Kier molecular flexibility index (Phi) is 3.05. The van der Waals surface area contributed by atoms with Crippen LogP contribution in [0, 0.1) is 0 Å². The van der Waals surface area contributed by atoms with Gasteiger partial charge in [0.25, 0.3) is 0 Å². The van der Waals surface area contributed by atoms with Gasteiger partial charge in [0.2, 0.25) is 0 Å². The molecule has 2 heterocycles. The molecule has 0 amide bonds. The minimum Gasteiger partial charge on any atom is -0.342 e. The van der Waals surface area contributed by atoms with E-state index in [4.69, 9.17) is 5.73 Å². The summed E-state index contributed by atoms with van der Waals surface area (Å²) in [7, 11) is 1.90. The molecule has 2 aromatic rings. The minimum absolute atomic E-state index is 0.215. The maximum Gasteiger partial charge on any atom is 0.106 e. The smallest absolute Gasteiger partial charge is 0.106 e. The van der Waals surface area contributed by atoms with Gasteiger partial charge in [0.15, 0.2) is 0 Å². The Hall–Kier alpha value is -1.62. The minimum atomic E-state index is 0.215. The van der Waals surface area contributed by atoms with Crippen molar-refractivity contribution >= 4 is 0 Å². The number of nitrogens with one attached hydrogen (secondary N) is 1. The molecule has 2 rings (SSSR count). The van der Waals surface area contributed by atoms with Crippen LogP contribution in [-0.4, -0.2) is 25.8 Å². The summed E-state index contributed by atoms with van der Waals surface area (Å²) in [5.41, 5.74) is 7.77. The zero-order valence-electron chi connectivity index (χ0n) is 9.64. The Morgan fingerprint density at radius 3 is 2.94 bits per heavy atom. The summed E-state index contributed by atoms with van der Waals surface area (Å²) in [6.07, 6.45) is 7.46. The molecule has 0 saturated heterocycles. The van der Waals surface area contributed by atoms with E-state index < -0.39 is 0 Å². The molecule has 5 nitrogen and oxygen atoms in total. The Morgan fingerprint density at radius 2 is 2.31 bits per heavy atom. The van der Waals surface area contributed by atoms with Crippen molar-refractivity contribution in [1.82, 2.24) is 19.7 Å². The van der Waals surface area contributed by atoms with Gasteiger partial charge >= 0.3 is 0 Å². The third-order valence-corrected chi connectivity index (χ3v) is 2.48. The predicted molar refractivity (Wildman–Crippen MR) is 62.8 cm³/mol. The molecule has 1 atom stereocenters. The summed E-state index contributed by atoms with van der Waals surface area (Å²) in [6.45, 7) is 2.00. The molecule has 0 radical (unpaired) electrons. The third-order valence-electron chi connectivity index (χ3n) is 2.48. The molecule has 86 valence electrons. The Balaban J connectivity index is 2.07. The number of aromatic amines is 1. The largest absolute Gasteiger partial charge is 0.342 e. The molecule has 16 heavy (non-hydrogen) atoms. The number of hydrogen-bond donors (Lipinski definition) is 2. The van der Waals surface area contributed by atoms with Gasteiger partial charge in [-0.2, -0.15) is 5.10 Å². The van der Waals surface area contributed by atoms with Crippen molar-refractivity contribution in [1.29, 1.82) is 0 Å². The molecule has 0 bridgehead atoms. The van der Waals surface area contributed by atoms with E-state index in [0.717, 1.165) is 29.9 Å². The quantitative estimate of drug-likeness (QED) is 0.808. The van der Waals surface area contributed by atoms with Crippen LogP contribution in [-0.2, 0) is 13.5 Å². The van der Waals surface area contributed by atoms with E-state index in [2.05, 4.69) is 15.1 Å². The van der Waals surface area contributed by atoms with Crippen molar-refractivity contribution in [2.24, 2.45) is 12.8 Å². The standard InChI is InChI=1S/C11H17N5/c1-8(12)3-4-11-13-6-10(15-11)9-5-14-16(2)7-9/h5-8H,3-4,12H2,1-2H3,(H,13,15). The van der Waals surface area contributed by atoms with Crippen molar-refractivity contribution in [2.75, 3.05) is 0 Å². The van der Waals surface area contributed by atoms with Gasteiger partial charge in [-0.3, -0.25) is 4.68 Å². The molecule has 0 aliphatic rings. The van der Waals surface area contributed by atoms with Crippen LogP contribution < -0.4 is 5.73 Å². The van der Waals surface area contributed by atoms with Crippen molar-refractivity contribution in [3.63, 3.8) is 0 Å². The van der Waals surface area contributed by atoms with Crippen LogP contribution in [0.3, 0.4) is 0 Å². The first kappa shape index (κ1) is 10.9. The summed E-state index contributed by atoms with van der Waals surface area (Å²) in [5, 5.41) is 4.13. The highest BCUT2D eigenvalue weighted by Crippen LogP contribution is 2.15. The highest BCUT2D eigenvalue weighted by Gasteiger charge is 2.05. The molecular formula is C11H17N5. The van der Waals surface area contributed by atoms with Crippen LogP contribution in [0.4, 0.5) is 0 Å². The fraction of sp³-hybridized carbons (Fsp3) is 0.455. The molecule has 5 heteroatoms. The number of nitrogens with two attached hydrogens (primary N) is 1. The number of aromatic nitrogens is 4. The summed E-state index contributed by atoms with van der Waals surface area (Å²) < 4.78 is 1.78. The number of H-pyrrole nitrogens is 1. The van der Waals surface area contributed by atoms with E-state index in [0.29, 0.717) is 0 Å². The molecule has 1 unspecified atom stereocenters. The van der Waals surface area contributed by atoms with Gasteiger partial charge in [-0.25, -0.2) is 4.98 Å². The maximum atomic E-state index is 5.71. The zero-order chi connectivity index (χ0) is 11.5. The van der Waals surface area contributed by atoms with Gasteiger partial charge in [0.05, 0.1) is 18.1 Å². The first-order valence-corrected chi connectivity index (χ1v) is 5.43. The Morgan fingerprint density at radius 1 is 1.50 bits per heavy atom. The average Bonchev–Trinajstić information content (AvgIpc) is 2.83. The lowest BCUT2D eigenvalue weighted by Crippen LogP contribution is -2.15. The van der Waals surface area contributed by atoms with Crippen molar-refractivity contribution in [2.45, 2.75) is 25.8 Å². The molecule has 0 spiro atoms. The van der Waals surface area contributed by atoms with Crippen LogP contribution in [0.25, 0.3) is 11.3 Å². The highest BCUT2D eigenvalue weighted by atomic mass is 15.2. The second-order valence-corrected chi connectivity index (χ2v) is 4.16. The fourth-order valence-corrected chi connectivity index (χ4v) is 1.56. The Bertz CT molecular complexity index is 454. The van der Waals surface area contributed by atoms with Crippen molar-refractivity contribution < 1.29 is 0 Å². The van der Waals surface area contributed by atoms with Gasteiger partial charge < -0.3 is 10.7 Å². The van der Waals surface area contributed by atoms with Crippen LogP contribution >= 0.6 is 0 Å². The Labute approximate surface area is 94.7 Å². The summed E-state index contributed by atoms with van der Waals surface area (Å²) in [4.78, 5) is 7.60. The molecule has 0 aromatic carbocycles. The van der Waals surface area contributed by atoms with Gasteiger partial charge in [-0.1, -0.05) is 0 Å². The molecule has 2 aromatic heterocycles. The third kappa shape index (κ3) is 2.49. The molecule has 0 aliphatic heterocycles. The molecule has 0 fully saturated rings. The molecule has 0 saturated carbocycles. The van der Waals surface area contributed by atoms with Crippen molar-refractivity contribution in [3.05, 3.63) is 24.4 Å². The lowest BCUT2D eigenvalue weighted by Gasteiger charge is -2.01. The normalized spacial score (nSPS) is 12.9. The van der Waals surface area contributed by atoms with Gasteiger partial charge in [0, 0.05) is 31.3 Å². The van der Waals surface area contributed by atoms with Crippen molar-refractivity contribution in [3.8, 4) is 11.3 Å². The summed E-state index contributed by atoms with van der Waals surface area (Å²) in [6, 6.07) is 0.215. The zero-order valence-corrected chi connectivity index (χ0v) is 9.64. The fourth-order valence-electron chi connectivity index (χ4n) is 1.56. The lowest BCUT2D eigenvalue weighted by atomic mass is 10.2. The number of aryl methyl sites for hydroxylation is 2. The maximum absolute atomic E-state index is 5.71. The topological polar surface area (TPSA) is 72.5 Å². The van der Waals surface area contributed by atoms with E-state index >= 15 is 0 Å². The second kappa shape index (κ2) is 4.49. The van der Waals surface area contributed by atoms with E-state index in [-0.39, 0.29) is 6.04 Å². The average molecular weight is 219 g/mol. The lowest BCUT2D eigenvalue weighted by molar-refractivity contribution is 0.652. The number of nitrogens with zero attached hydrogens (tertiary/aromatic N) is 3. The monoisotopic (exact) mass is 219 g/mol. The molecule has 3 N–H and O–H groups in total.